The molecule has 3 heterocycles. The Kier molecular flexibility index (Phi) is 11.2. The average molecular weight is 527 g/mol. The van der Waals surface area contributed by atoms with Gasteiger partial charge in [0.25, 0.3) is 0 Å². The molecule has 202 valence electrons. The van der Waals surface area contributed by atoms with Crippen LogP contribution in [0.25, 0.3) is 11.3 Å². The number of ketones is 1. The van der Waals surface area contributed by atoms with Crippen molar-refractivity contribution in [3.63, 3.8) is 0 Å². The van der Waals surface area contributed by atoms with Crippen LogP contribution in [0.1, 0.15) is 37.8 Å². The number of aldehydes is 1. The van der Waals surface area contributed by atoms with Gasteiger partial charge in [0.05, 0.1) is 18.9 Å². The Hall–Kier alpha value is -4.55. The molecule has 0 amide bonds. The molecule has 9 heteroatoms. The van der Waals surface area contributed by atoms with Gasteiger partial charge in [0.1, 0.15) is 12.1 Å². The van der Waals surface area contributed by atoms with Crippen molar-refractivity contribution < 1.29 is 14.3 Å². The number of morpholine rings is 1. The minimum atomic E-state index is 0.0344. The van der Waals surface area contributed by atoms with Gasteiger partial charge in [0.2, 0.25) is 5.95 Å². The lowest BCUT2D eigenvalue weighted by Gasteiger charge is -2.28. The second-order valence-corrected chi connectivity index (χ2v) is 9.00. The van der Waals surface area contributed by atoms with Crippen LogP contribution in [0.3, 0.4) is 0 Å². The van der Waals surface area contributed by atoms with Gasteiger partial charge in [-0.05, 0) is 56.3 Å². The first-order valence-corrected chi connectivity index (χ1v) is 12.7. The Morgan fingerprint density at radius 2 is 1.74 bits per heavy atom. The van der Waals surface area contributed by atoms with E-state index in [9.17, 15) is 9.59 Å². The molecule has 0 unspecified atom stereocenters. The topological polar surface area (TPSA) is 123 Å². The Morgan fingerprint density at radius 3 is 2.36 bits per heavy atom. The molecule has 0 atom stereocenters. The van der Waals surface area contributed by atoms with Gasteiger partial charge in [0, 0.05) is 67.8 Å². The first kappa shape index (κ1) is 29.0. The fourth-order valence-corrected chi connectivity index (χ4v) is 3.62. The molecule has 0 aliphatic carbocycles. The Balaban J connectivity index is 0.000000360. The molecule has 1 saturated heterocycles. The number of benzene rings is 1. The summed E-state index contributed by atoms with van der Waals surface area (Å²) in [5, 5.41) is 3.11. The molecule has 0 spiro atoms. The summed E-state index contributed by atoms with van der Waals surface area (Å²) in [4.78, 5) is 35.8. The summed E-state index contributed by atoms with van der Waals surface area (Å²) in [6, 6.07) is 12.0. The smallest absolute Gasteiger partial charge is 0.219 e. The van der Waals surface area contributed by atoms with E-state index in [-0.39, 0.29) is 11.7 Å². The van der Waals surface area contributed by atoms with Gasteiger partial charge in [-0.3, -0.25) is 4.79 Å². The molecule has 3 aromatic rings. The summed E-state index contributed by atoms with van der Waals surface area (Å²) in [6.45, 7) is 6.70. The fourth-order valence-electron chi connectivity index (χ4n) is 3.62. The number of rotatable bonds is 7. The van der Waals surface area contributed by atoms with E-state index in [2.05, 4.69) is 32.0 Å². The summed E-state index contributed by atoms with van der Waals surface area (Å²) < 4.78 is 5.47. The van der Waals surface area contributed by atoms with E-state index in [1.165, 1.54) is 0 Å². The van der Waals surface area contributed by atoms with Gasteiger partial charge >= 0.3 is 0 Å². The largest absolute Gasteiger partial charge is 0.388 e. The molecular weight excluding hydrogens is 492 g/mol. The monoisotopic (exact) mass is 526 g/mol. The Morgan fingerprint density at radius 1 is 1.08 bits per heavy atom. The van der Waals surface area contributed by atoms with Crippen molar-refractivity contribution in [3.05, 3.63) is 71.6 Å². The number of carbonyl (C=O) groups excluding carboxylic acids is 2. The van der Waals surface area contributed by atoms with Crippen LogP contribution in [-0.2, 0) is 14.3 Å². The number of nitrogen functional groups attached to an aromatic ring is 1. The third-order valence-electron chi connectivity index (χ3n) is 5.60. The second-order valence-electron chi connectivity index (χ2n) is 9.00. The van der Waals surface area contributed by atoms with Crippen LogP contribution in [-0.4, -0.2) is 60.4 Å². The van der Waals surface area contributed by atoms with Crippen LogP contribution in [0.5, 0.6) is 0 Å². The highest BCUT2D eigenvalue weighted by Gasteiger charge is 2.15. The number of ether oxygens (including phenoxy) is 1. The highest BCUT2D eigenvalue weighted by Crippen LogP contribution is 2.23. The number of nitrogens with zero attached hydrogens (tertiary/aromatic N) is 4. The molecule has 1 aliphatic heterocycles. The van der Waals surface area contributed by atoms with E-state index in [1.54, 1.807) is 18.5 Å². The zero-order valence-electron chi connectivity index (χ0n) is 22.6. The van der Waals surface area contributed by atoms with Crippen molar-refractivity contribution in [3.8, 4) is 23.1 Å². The summed E-state index contributed by atoms with van der Waals surface area (Å²) in [6.07, 6.45) is 6.36. The molecule has 39 heavy (non-hydrogen) atoms. The maximum Gasteiger partial charge on any atom is 0.219 e. The molecule has 0 radical (unpaired) electrons. The van der Waals surface area contributed by atoms with Crippen molar-refractivity contribution in [2.45, 2.75) is 26.7 Å². The predicted octanol–water partition coefficient (Wildman–Crippen LogP) is 3.90. The van der Waals surface area contributed by atoms with Crippen LogP contribution < -0.4 is 16.0 Å². The lowest BCUT2D eigenvalue weighted by Crippen LogP contribution is -2.36. The summed E-state index contributed by atoms with van der Waals surface area (Å²) in [7, 11) is 1.90. The van der Waals surface area contributed by atoms with Crippen LogP contribution in [0.4, 0.5) is 17.5 Å². The van der Waals surface area contributed by atoms with Crippen LogP contribution in [0.15, 0.2) is 60.4 Å². The third-order valence-corrected chi connectivity index (χ3v) is 5.60. The molecule has 3 N–H and O–H groups in total. The number of hydrogen-bond donors (Lipinski definition) is 2. The maximum absolute atomic E-state index is 10.8. The number of pyridine rings is 1. The first-order chi connectivity index (χ1) is 18.9. The molecular formula is C30H34N6O3. The van der Waals surface area contributed by atoms with Gasteiger partial charge in [-0.1, -0.05) is 17.4 Å². The van der Waals surface area contributed by atoms with Crippen molar-refractivity contribution in [1.82, 2.24) is 15.0 Å². The average Bonchev–Trinajstić information content (AvgIpc) is 2.96. The molecule has 1 aliphatic rings. The maximum atomic E-state index is 10.8. The Labute approximate surface area is 229 Å². The molecule has 0 bridgehead atoms. The van der Waals surface area contributed by atoms with E-state index < -0.39 is 0 Å². The normalized spacial score (nSPS) is 12.2. The van der Waals surface area contributed by atoms with E-state index in [1.807, 2.05) is 57.3 Å². The van der Waals surface area contributed by atoms with E-state index in [0.29, 0.717) is 26.1 Å². The van der Waals surface area contributed by atoms with Gasteiger partial charge < -0.3 is 25.5 Å². The lowest BCUT2D eigenvalue weighted by atomic mass is 10.1. The zero-order valence-corrected chi connectivity index (χ0v) is 22.6. The minimum Gasteiger partial charge on any atom is -0.388 e. The number of hydrogen-bond acceptors (Lipinski definition) is 9. The molecule has 2 aromatic heterocycles. The van der Waals surface area contributed by atoms with E-state index in [4.69, 9.17) is 15.5 Å². The lowest BCUT2D eigenvalue weighted by molar-refractivity contribution is -0.117. The molecule has 1 aromatic carbocycles. The first-order valence-electron chi connectivity index (χ1n) is 12.7. The second kappa shape index (κ2) is 15.0. The number of anilines is 3. The van der Waals surface area contributed by atoms with Crippen LogP contribution >= 0.6 is 0 Å². The summed E-state index contributed by atoms with van der Waals surface area (Å²) >= 11 is 0. The highest BCUT2D eigenvalue weighted by atomic mass is 16.5. The van der Waals surface area contributed by atoms with Gasteiger partial charge in [-0.25, -0.2) is 15.0 Å². The standard InChI is InChI=1S/C22H22N6O.C8H12O2/c1-24-19-6-4-16(5-7-19)2-3-17-12-20(18-14-25-22(23)26-15-18)27-21(13-17)28-8-10-29-11-9-28;1-7(2)6-8(10)4-3-5-9/h4-7,12-15,24H,8-11H2,1H3,(H2,23,25,26);5-6H,3-4H2,1-2H3. The van der Waals surface area contributed by atoms with Gasteiger partial charge in [0.15, 0.2) is 5.78 Å². The minimum absolute atomic E-state index is 0.0344. The van der Waals surface area contributed by atoms with Crippen molar-refractivity contribution in [1.29, 1.82) is 0 Å². The van der Waals surface area contributed by atoms with Crippen molar-refractivity contribution >= 4 is 29.5 Å². The van der Waals surface area contributed by atoms with Crippen molar-refractivity contribution in [2.24, 2.45) is 0 Å². The number of carbonyl (C=O) groups is 2. The van der Waals surface area contributed by atoms with E-state index in [0.717, 1.165) is 58.8 Å². The molecule has 4 rings (SSSR count). The third kappa shape index (κ3) is 9.68. The van der Waals surface area contributed by atoms with Gasteiger partial charge in [-0.2, -0.15) is 0 Å². The Bertz CT molecular complexity index is 1330. The molecule has 0 saturated carbocycles. The zero-order chi connectivity index (χ0) is 28.0. The number of nitrogens with two attached hydrogens (primary N) is 1. The number of allylic oxidation sites excluding steroid dienone is 2. The number of nitrogens with one attached hydrogen (secondary N) is 1. The quantitative estimate of drug-likeness (QED) is 0.268. The van der Waals surface area contributed by atoms with Crippen LogP contribution in [0.2, 0.25) is 0 Å². The molecule has 9 nitrogen and oxygen atoms in total. The SMILES string of the molecule is CC(C)=CC(=O)CCC=O.CNc1ccc(C#Cc2cc(-c3cnc(N)nc3)nc(N3CCOCC3)c2)cc1. The predicted molar refractivity (Wildman–Crippen MR) is 154 cm³/mol. The van der Waals surface area contributed by atoms with Gasteiger partial charge in [-0.15, -0.1) is 0 Å². The fraction of sp³-hybridized carbons (Fsp3) is 0.300. The summed E-state index contributed by atoms with van der Waals surface area (Å²) in [5.74, 6) is 7.64. The number of aromatic nitrogens is 3. The van der Waals surface area contributed by atoms with E-state index >= 15 is 0 Å². The van der Waals surface area contributed by atoms with Crippen LogP contribution in [0, 0.1) is 11.8 Å². The summed E-state index contributed by atoms with van der Waals surface area (Å²) in [5.41, 5.74) is 11.1. The molecule has 1 fully saturated rings. The van der Waals surface area contributed by atoms with Crippen molar-refractivity contribution in [2.75, 3.05) is 49.3 Å². The highest BCUT2D eigenvalue weighted by molar-refractivity contribution is 5.91.